The number of piperidine rings is 2. The molecule has 154 valence electrons. The predicted molar refractivity (Wildman–Crippen MR) is 121 cm³/mol. The number of guanidine groups is 1. The van der Waals surface area contributed by atoms with Crippen molar-refractivity contribution in [1.29, 1.82) is 0 Å². The quantitative estimate of drug-likeness (QED) is 0.284. The number of rotatable bonds is 8. The summed E-state index contributed by atoms with van der Waals surface area (Å²) in [5, 5.41) is 16.4. The average molecular weight is 480 g/mol. The van der Waals surface area contributed by atoms with Gasteiger partial charge in [-0.05, 0) is 64.3 Å². The minimum Gasteiger partial charge on any atom is -0.396 e. The molecular weight excluding hydrogens is 439 g/mol. The molecule has 0 spiro atoms. The fourth-order valence-corrected chi connectivity index (χ4v) is 4.60. The van der Waals surface area contributed by atoms with Crippen LogP contribution >= 0.6 is 24.0 Å². The first-order valence-corrected chi connectivity index (χ1v) is 10.4. The van der Waals surface area contributed by atoms with Gasteiger partial charge in [-0.3, -0.25) is 4.99 Å². The molecule has 0 aromatic heterocycles. The van der Waals surface area contributed by atoms with E-state index in [-0.39, 0.29) is 30.6 Å². The zero-order valence-corrected chi connectivity index (χ0v) is 19.5. The maximum atomic E-state index is 9.31. The summed E-state index contributed by atoms with van der Waals surface area (Å²) < 4.78 is 0. The van der Waals surface area contributed by atoms with Gasteiger partial charge < -0.3 is 20.6 Å². The first-order valence-electron chi connectivity index (χ1n) is 10.4. The molecule has 2 aliphatic heterocycles. The predicted octanol–water partition coefficient (Wildman–Crippen LogP) is 3.22. The highest BCUT2D eigenvalue weighted by Gasteiger charge is 2.36. The standard InChI is InChI=1S/C20H40N4O.HI/c1-5-21-20(22-14-16(9-10-25)11-15(2)3)23-17-12-18-7-6-8-19(13-17)24(18)4;/h15-19,25H,5-14H2,1-4H3,(H2,21,22,23);1H. The van der Waals surface area contributed by atoms with Crippen LogP contribution in [-0.2, 0) is 0 Å². The van der Waals surface area contributed by atoms with Crippen molar-refractivity contribution in [2.24, 2.45) is 16.8 Å². The van der Waals surface area contributed by atoms with Gasteiger partial charge in [0.15, 0.2) is 5.96 Å². The summed E-state index contributed by atoms with van der Waals surface area (Å²) in [5.41, 5.74) is 0. The Morgan fingerprint density at radius 1 is 1.23 bits per heavy atom. The molecule has 0 aromatic rings. The topological polar surface area (TPSA) is 59.9 Å². The van der Waals surface area contributed by atoms with E-state index in [4.69, 9.17) is 4.99 Å². The molecule has 3 N–H and O–H groups in total. The van der Waals surface area contributed by atoms with E-state index in [2.05, 4.69) is 43.4 Å². The van der Waals surface area contributed by atoms with Crippen molar-refractivity contribution in [3.05, 3.63) is 0 Å². The number of nitrogens with one attached hydrogen (secondary N) is 2. The molecule has 0 aliphatic carbocycles. The molecule has 0 aromatic carbocycles. The van der Waals surface area contributed by atoms with Gasteiger partial charge >= 0.3 is 0 Å². The molecule has 26 heavy (non-hydrogen) atoms. The van der Waals surface area contributed by atoms with Crippen molar-refractivity contribution in [2.75, 3.05) is 26.7 Å². The summed E-state index contributed by atoms with van der Waals surface area (Å²) in [4.78, 5) is 7.47. The molecular formula is C20H41IN4O. The summed E-state index contributed by atoms with van der Waals surface area (Å²) in [6, 6.07) is 2.00. The Labute approximate surface area is 177 Å². The van der Waals surface area contributed by atoms with Gasteiger partial charge in [0.1, 0.15) is 0 Å². The van der Waals surface area contributed by atoms with Crippen LogP contribution in [0.15, 0.2) is 4.99 Å². The van der Waals surface area contributed by atoms with Gasteiger partial charge in [0.05, 0.1) is 0 Å². The third-order valence-corrected chi connectivity index (χ3v) is 5.87. The van der Waals surface area contributed by atoms with Crippen LogP contribution < -0.4 is 10.6 Å². The SMILES string of the molecule is CCNC(=NCC(CCO)CC(C)C)NC1CC2CCCC(C1)N2C.I. The molecule has 3 atom stereocenters. The molecule has 2 heterocycles. The Hall–Kier alpha value is -0.0800. The maximum absolute atomic E-state index is 9.31. The number of nitrogens with zero attached hydrogens (tertiary/aromatic N) is 2. The zero-order valence-electron chi connectivity index (χ0n) is 17.2. The lowest BCUT2D eigenvalue weighted by Gasteiger charge is -2.47. The van der Waals surface area contributed by atoms with E-state index in [0.29, 0.717) is 17.9 Å². The highest BCUT2D eigenvalue weighted by Crippen LogP contribution is 2.32. The van der Waals surface area contributed by atoms with Crippen LogP contribution in [0, 0.1) is 11.8 Å². The molecule has 0 saturated carbocycles. The Morgan fingerprint density at radius 2 is 1.88 bits per heavy atom. The third-order valence-electron chi connectivity index (χ3n) is 5.87. The van der Waals surface area contributed by atoms with Crippen molar-refractivity contribution < 1.29 is 5.11 Å². The summed E-state index contributed by atoms with van der Waals surface area (Å²) in [5.74, 6) is 2.08. The largest absolute Gasteiger partial charge is 0.396 e. The van der Waals surface area contributed by atoms with Gasteiger partial charge in [0, 0.05) is 37.8 Å². The fraction of sp³-hybridized carbons (Fsp3) is 0.950. The van der Waals surface area contributed by atoms with Gasteiger partial charge in [-0.15, -0.1) is 24.0 Å². The highest BCUT2D eigenvalue weighted by molar-refractivity contribution is 14.0. The Morgan fingerprint density at radius 3 is 2.42 bits per heavy atom. The van der Waals surface area contributed by atoms with E-state index in [0.717, 1.165) is 44.0 Å². The maximum Gasteiger partial charge on any atom is 0.191 e. The molecule has 0 radical (unpaired) electrons. The molecule has 2 saturated heterocycles. The summed E-state index contributed by atoms with van der Waals surface area (Å²) in [7, 11) is 2.30. The van der Waals surface area contributed by atoms with Gasteiger partial charge in [0.2, 0.25) is 0 Å². The lowest BCUT2D eigenvalue weighted by molar-refractivity contribution is 0.0526. The molecule has 3 unspecified atom stereocenters. The van der Waals surface area contributed by atoms with Crippen molar-refractivity contribution in [3.8, 4) is 0 Å². The van der Waals surface area contributed by atoms with Gasteiger partial charge in [-0.1, -0.05) is 20.3 Å². The van der Waals surface area contributed by atoms with Gasteiger partial charge in [0.25, 0.3) is 0 Å². The minimum atomic E-state index is 0. The van der Waals surface area contributed by atoms with Crippen LogP contribution in [0.4, 0.5) is 0 Å². The Kier molecular flexibility index (Phi) is 11.4. The first-order chi connectivity index (χ1) is 12.0. The number of halogens is 1. The van der Waals surface area contributed by atoms with Crippen molar-refractivity contribution in [2.45, 2.75) is 83.8 Å². The van der Waals surface area contributed by atoms with Crippen LogP contribution in [0.5, 0.6) is 0 Å². The number of fused-ring (bicyclic) bond motifs is 2. The number of aliphatic hydroxyl groups is 1. The van der Waals surface area contributed by atoms with Crippen LogP contribution in [0.1, 0.15) is 65.7 Å². The second-order valence-corrected chi connectivity index (χ2v) is 8.44. The van der Waals surface area contributed by atoms with Crippen molar-refractivity contribution in [1.82, 2.24) is 15.5 Å². The molecule has 2 bridgehead atoms. The van der Waals surface area contributed by atoms with E-state index >= 15 is 0 Å². The molecule has 5 nitrogen and oxygen atoms in total. The van der Waals surface area contributed by atoms with Gasteiger partial charge in [-0.25, -0.2) is 0 Å². The number of aliphatic imine (C=N–C) groups is 1. The third kappa shape index (κ3) is 7.50. The molecule has 2 fully saturated rings. The minimum absolute atomic E-state index is 0. The van der Waals surface area contributed by atoms with Crippen LogP contribution in [-0.4, -0.2) is 60.8 Å². The fourth-order valence-electron chi connectivity index (χ4n) is 4.60. The van der Waals surface area contributed by atoms with Crippen molar-refractivity contribution >= 4 is 29.9 Å². The van der Waals surface area contributed by atoms with Crippen molar-refractivity contribution in [3.63, 3.8) is 0 Å². The zero-order chi connectivity index (χ0) is 18.2. The van der Waals surface area contributed by atoms with Crippen LogP contribution in [0.3, 0.4) is 0 Å². The van der Waals surface area contributed by atoms with Crippen LogP contribution in [0.25, 0.3) is 0 Å². The number of aliphatic hydroxyl groups excluding tert-OH is 1. The van der Waals surface area contributed by atoms with E-state index in [1.165, 1.54) is 32.1 Å². The Bertz CT molecular complexity index is 405. The average Bonchev–Trinajstić information content (AvgIpc) is 2.53. The smallest absolute Gasteiger partial charge is 0.191 e. The molecule has 0 amide bonds. The first kappa shape index (κ1) is 24.0. The van der Waals surface area contributed by atoms with E-state index in [1.54, 1.807) is 0 Å². The highest BCUT2D eigenvalue weighted by atomic mass is 127. The second-order valence-electron chi connectivity index (χ2n) is 8.44. The normalized spacial score (nSPS) is 27.8. The number of hydrogen-bond acceptors (Lipinski definition) is 3. The van der Waals surface area contributed by atoms with Gasteiger partial charge in [-0.2, -0.15) is 0 Å². The Balaban J connectivity index is 0.00000338. The molecule has 6 heteroatoms. The molecule has 2 aliphatic rings. The molecule has 2 rings (SSSR count). The summed E-state index contributed by atoms with van der Waals surface area (Å²) in [6.45, 7) is 8.56. The monoisotopic (exact) mass is 480 g/mol. The summed E-state index contributed by atoms with van der Waals surface area (Å²) in [6.07, 6.45) is 8.49. The number of hydrogen-bond donors (Lipinski definition) is 3. The lowest BCUT2D eigenvalue weighted by atomic mass is 9.82. The van der Waals surface area contributed by atoms with E-state index in [9.17, 15) is 5.11 Å². The van der Waals surface area contributed by atoms with Crippen LogP contribution in [0.2, 0.25) is 0 Å². The van der Waals surface area contributed by atoms with E-state index < -0.39 is 0 Å². The lowest BCUT2D eigenvalue weighted by Crippen LogP contribution is -2.56. The summed E-state index contributed by atoms with van der Waals surface area (Å²) >= 11 is 0. The second kappa shape index (κ2) is 12.4. The van der Waals surface area contributed by atoms with E-state index in [1.807, 2.05) is 0 Å².